The van der Waals surface area contributed by atoms with Crippen LogP contribution >= 0.6 is 0 Å². The first kappa shape index (κ1) is 10.1. The Kier molecular flexibility index (Phi) is 2.79. The van der Waals surface area contributed by atoms with Crippen LogP contribution in [0.25, 0.3) is 0 Å². The zero-order chi connectivity index (χ0) is 11.4. The number of nitrogens with zero attached hydrogens (tertiary/aromatic N) is 2. The van der Waals surface area contributed by atoms with Gasteiger partial charge in [0, 0.05) is 11.9 Å². The number of nitrogens with one attached hydrogen (secondary N) is 1. The molecule has 3 nitrogen and oxygen atoms in total. The maximum Gasteiger partial charge on any atom is 0.148 e. The number of rotatable bonds is 2. The van der Waals surface area contributed by atoms with Gasteiger partial charge in [0.15, 0.2) is 0 Å². The molecule has 4 heteroatoms. The Labute approximate surface area is 92.2 Å². The van der Waals surface area contributed by atoms with Crippen molar-refractivity contribution in [2.75, 3.05) is 5.32 Å². The number of benzene rings is 1. The van der Waals surface area contributed by atoms with E-state index in [0.29, 0.717) is 17.1 Å². The summed E-state index contributed by atoms with van der Waals surface area (Å²) in [5, 5.41) is 11.7. The molecule has 1 N–H and O–H groups in total. The molecule has 0 amide bonds. The van der Waals surface area contributed by atoms with Gasteiger partial charge < -0.3 is 5.32 Å². The van der Waals surface area contributed by atoms with Crippen LogP contribution in [-0.4, -0.2) is 4.98 Å². The van der Waals surface area contributed by atoms with Crippen molar-refractivity contribution in [3.05, 3.63) is 54.0 Å². The standard InChI is InChI=1S/C12H8FN3/c13-10-4-1-5-11(7-10)16-12-9(8-14)3-2-6-15-12/h1-7H,(H,15,16). The smallest absolute Gasteiger partial charge is 0.148 e. The Morgan fingerprint density at radius 3 is 2.88 bits per heavy atom. The van der Waals surface area contributed by atoms with Gasteiger partial charge in [-0.15, -0.1) is 0 Å². The molecule has 0 saturated carbocycles. The van der Waals surface area contributed by atoms with Crippen LogP contribution in [0.15, 0.2) is 42.6 Å². The summed E-state index contributed by atoms with van der Waals surface area (Å²) in [6.07, 6.45) is 1.57. The van der Waals surface area contributed by atoms with E-state index in [1.165, 1.54) is 12.1 Å². The number of nitriles is 1. The first-order chi connectivity index (χ1) is 7.79. The van der Waals surface area contributed by atoms with E-state index >= 15 is 0 Å². The van der Waals surface area contributed by atoms with Gasteiger partial charge in [-0.2, -0.15) is 5.26 Å². The Hall–Kier alpha value is -2.41. The van der Waals surface area contributed by atoms with E-state index in [1.807, 2.05) is 6.07 Å². The van der Waals surface area contributed by atoms with Crippen molar-refractivity contribution >= 4 is 11.5 Å². The normalized spacial score (nSPS) is 9.50. The minimum Gasteiger partial charge on any atom is -0.339 e. The van der Waals surface area contributed by atoms with Crippen molar-refractivity contribution in [3.63, 3.8) is 0 Å². The van der Waals surface area contributed by atoms with Crippen LogP contribution in [0.1, 0.15) is 5.56 Å². The van der Waals surface area contributed by atoms with Crippen LogP contribution in [0.5, 0.6) is 0 Å². The summed E-state index contributed by atoms with van der Waals surface area (Å²) in [5.74, 6) is 0.0926. The predicted molar refractivity (Wildman–Crippen MR) is 58.6 cm³/mol. The molecule has 0 saturated heterocycles. The van der Waals surface area contributed by atoms with Gasteiger partial charge in [0.1, 0.15) is 17.7 Å². The molecular weight excluding hydrogens is 205 g/mol. The summed E-state index contributed by atoms with van der Waals surface area (Å²) >= 11 is 0. The van der Waals surface area contributed by atoms with E-state index in [1.54, 1.807) is 30.5 Å². The molecular formula is C12H8FN3. The van der Waals surface area contributed by atoms with E-state index in [-0.39, 0.29) is 5.82 Å². The number of aromatic nitrogens is 1. The number of hydrogen-bond acceptors (Lipinski definition) is 3. The zero-order valence-electron chi connectivity index (χ0n) is 8.31. The molecule has 0 fully saturated rings. The fourth-order valence-corrected chi connectivity index (χ4v) is 1.30. The van der Waals surface area contributed by atoms with Gasteiger partial charge in [-0.05, 0) is 30.3 Å². The van der Waals surface area contributed by atoms with Gasteiger partial charge in [0.05, 0.1) is 5.56 Å². The van der Waals surface area contributed by atoms with Gasteiger partial charge in [-0.1, -0.05) is 6.07 Å². The van der Waals surface area contributed by atoms with E-state index in [0.717, 1.165) is 0 Å². The number of halogens is 1. The molecule has 1 aromatic carbocycles. The molecule has 78 valence electrons. The lowest BCUT2D eigenvalue weighted by molar-refractivity contribution is 0.628. The third-order valence-corrected chi connectivity index (χ3v) is 2.02. The van der Waals surface area contributed by atoms with Crippen LogP contribution in [0.2, 0.25) is 0 Å². The summed E-state index contributed by atoms with van der Waals surface area (Å²) in [7, 11) is 0. The average molecular weight is 213 g/mol. The van der Waals surface area contributed by atoms with Crippen LogP contribution < -0.4 is 5.32 Å². The third-order valence-electron chi connectivity index (χ3n) is 2.02. The van der Waals surface area contributed by atoms with Crippen molar-refractivity contribution in [2.45, 2.75) is 0 Å². The monoisotopic (exact) mass is 213 g/mol. The highest BCUT2D eigenvalue weighted by atomic mass is 19.1. The minimum absolute atomic E-state index is 0.334. The number of anilines is 2. The van der Waals surface area contributed by atoms with E-state index in [4.69, 9.17) is 5.26 Å². The molecule has 16 heavy (non-hydrogen) atoms. The van der Waals surface area contributed by atoms with E-state index in [2.05, 4.69) is 10.3 Å². The Balaban J connectivity index is 2.31. The lowest BCUT2D eigenvalue weighted by atomic mass is 10.2. The fraction of sp³-hybridized carbons (Fsp3) is 0. The fourth-order valence-electron chi connectivity index (χ4n) is 1.30. The van der Waals surface area contributed by atoms with Gasteiger partial charge >= 0.3 is 0 Å². The summed E-state index contributed by atoms with van der Waals surface area (Å²) in [4.78, 5) is 4.02. The second-order valence-electron chi connectivity index (χ2n) is 3.15. The van der Waals surface area contributed by atoms with Gasteiger partial charge in [0.25, 0.3) is 0 Å². The second-order valence-corrected chi connectivity index (χ2v) is 3.15. The quantitative estimate of drug-likeness (QED) is 0.834. The first-order valence-electron chi connectivity index (χ1n) is 4.67. The molecule has 0 bridgehead atoms. The highest BCUT2D eigenvalue weighted by molar-refractivity contribution is 5.62. The number of pyridine rings is 1. The summed E-state index contributed by atoms with van der Waals surface area (Å²) in [5.41, 5.74) is 0.988. The molecule has 1 heterocycles. The van der Waals surface area contributed by atoms with Crippen LogP contribution in [0.4, 0.5) is 15.9 Å². The molecule has 2 aromatic rings. The third kappa shape index (κ3) is 2.15. The van der Waals surface area contributed by atoms with Crippen molar-refractivity contribution in [3.8, 4) is 6.07 Å². The van der Waals surface area contributed by atoms with Gasteiger partial charge in [-0.3, -0.25) is 0 Å². The molecule has 0 spiro atoms. The second kappa shape index (κ2) is 4.41. The van der Waals surface area contributed by atoms with E-state index in [9.17, 15) is 4.39 Å². The lowest BCUT2D eigenvalue weighted by Gasteiger charge is -2.06. The first-order valence-corrected chi connectivity index (χ1v) is 4.67. The van der Waals surface area contributed by atoms with Crippen LogP contribution in [0.3, 0.4) is 0 Å². The number of hydrogen-bond donors (Lipinski definition) is 1. The van der Waals surface area contributed by atoms with Crippen molar-refractivity contribution < 1.29 is 4.39 Å². The molecule has 0 aliphatic carbocycles. The minimum atomic E-state index is -0.334. The highest BCUT2D eigenvalue weighted by Crippen LogP contribution is 2.18. The predicted octanol–water partition coefficient (Wildman–Crippen LogP) is 2.84. The highest BCUT2D eigenvalue weighted by Gasteiger charge is 2.02. The molecule has 1 aromatic heterocycles. The average Bonchev–Trinajstić information content (AvgIpc) is 2.30. The largest absolute Gasteiger partial charge is 0.339 e. The molecule has 0 atom stereocenters. The summed E-state index contributed by atoms with van der Waals surface area (Å²) in [6, 6.07) is 11.3. The maximum absolute atomic E-state index is 12.9. The lowest BCUT2D eigenvalue weighted by Crippen LogP contribution is -1.96. The van der Waals surface area contributed by atoms with Crippen LogP contribution in [-0.2, 0) is 0 Å². The van der Waals surface area contributed by atoms with Crippen molar-refractivity contribution in [2.24, 2.45) is 0 Å². The van der Waals surface area contributed by atoms with E-state index < -0.39 is 0 Å². The zero-order valence-corrected chi connectivity index (χ0v) is 8.31. The van der Waals surface area contributed by atoms with Gasteiger partial charge in [-0.25, -0.2) is 9.37 Å². The Morgan fingerprint density at radius 2 is 2.12 bits per heavy atom. The van der Waals surface area contributed by atoms with Crippen LogP contribution in [0, 0.1) is 17.1 Å². The molecule has 0 unspecified atom stereocenters. The maximum atomic E-state index is 12.9. The molecule has 0 radical (unpaired) electrons. The SMILES string of the molecule is N#Cc1cccnc1Nc1cccc(F)c1. The topological polar surface area (TPSA) is 48.7 Å². The molecule has 0 aliphatic heterocycles. The Morgan fingerprint density at radius 1 is 1.25 bits per heavy atom. The van der Waals surface area contributed by atoms with Crippen molar-refractivity contribution in [1.82, 2.24) is 4.98 Å². The van der Waals surface area contributed by atoms with Crippen molar-refractivity contribution in [1.29, 1.82) is 5.26 Å². The Bertz CT molecular complexity index is 546. The summed E-state index contributed by atoms with van der Waals surface area (Å²) < 4.78 is 12.9. The summed E-state index contributed by atoms with van der Waals surface area (Å²) in [6.45, 7) is 0. The van der Waals surface area contributed by atoms with Gasteiger partial charge in [0.2, 0.25) is 0 Å². The molecule has 2 rings (SSSR count). The molecule has 0 aliphatic rings.